The van der Waals surface area contributed by atoms with E-state index in [1.807, 2.05) is 0 Å². The van der Waals surface area contributed by atoms with E-state index in [-0.39, 0.29) is 16.6 Å². The van der Waals surface area contributed by atoms with Gasteiger partial charge in [-0.2, -0.15) is 0 Å². The molecular formula is C15H10Cl2O2. The summed E-state index contributed by atoms with van der Waals surface area (Å²) in [5.74, 6) is -0.108. The number of phenols is 1. The van der Waals surface area contributed by atoms with Crippen LogP contribution in [0.25, 0.3) is 6.08 Å². The molecule has 2 rings (SSSR count). The minimum absolute atomic E-state index is 0.0165. The summed E-state index contributed by atoms with van der Waals surface area (Å²) >= 11 is 11.5. The summed E-state index contributed by atoms with van der Waals surface area (Å²) in [6.45, 7) is 0. The van der Waals surface area contributed by atoms with Gasteiger partial charge in [0.1, 0.15) is 5.75 Å². The zero-order valence-electron chi connectivity index (χ0n) is 9.81. The summed E-state index contributed by atoms with van der Waals surface area (Å²) in [6.07, 6.45) is 3.09. The fraction of sp³-hybridized carbons (Fsp3) is 0. The quantitative estimate of drug-likeness (QED) is 0.663. The molecule has 0 saturated carbocycles. The number of ketones is 1. The molecule has 0 unspecified atom stereocenters. The smallest absolute Gasteiger partial charge is 0.185 e. The van der Waals surface area contributed by atoms with E-state index in [9.17, 15) is 9.90 Å². The first-order valence-electron chi connectivity index (χ1n) is 5.53. The van der Waals surface area contributed by atoms with Gasteiger partial charge in [-0.25, -0.2) is 0 Å². The van der Waals surface area contributed by atoms with Crippen molar-refractivity contribution in [1.82, 2.24) is 0 Å². The summed E-state index contributed by atoms with van der Waals surface area (Å²) in [6, 6.07) is 11.4. The van der Waals surface area contributed by atoms with Crippen molar-refractivity contribution < 1.29 is 9.90 Å². The highest BCUT2D eigenvalue weighted by Crippen LogP contribution is 2.24. The number of rotatable bonds is 3. The lowest BCUT2D eigenvalue weighted by atomic mass is 10.1. The van der Waals surface area contributed by atoms with Crippen LogP contribution in [-0.4, -0.2) is 10.9 Å². The van der Waals surface area contributed by atoms with Crippen molar-refractivity contribution in [2.24, 2.45) is 0 Å². The second-order valence-corrected chi connectivity index (χ2v) is 4.76. The molecule has 0 bridgehead atoms. The van der Waals surface area contributed by atoms with Gasteiger partial charge in [0.05, 0.1) is 5.02 Å². The Kier molecular flexibility index (Phi) is 4.25. The lowest BCUT2D eigenvalue weighted by Gasteiger charge is -1.98. The zero-order valence-corrected chi connectivity index (χ0v) is 11.3. The van der Waals surface area contributed by atoms with Gasteiger partial charge in [-0.15, -0.1) is 0 Å². The number of carbonyl (C=O) groups excluding carboxylic acids is 1. The van der Waals surface area contributed by atoms with E-state index in [0.717, 1.165) is 5.56 Å². The summed E-state index contributed by atoms with van der Waals surface area (Å²) < 4.78 is 0. The van der Waals surface area contributed by atoms with Crippen molar-refractivity contribution in [3.8, 4) is 5.75 Å². The lowest BCUT2D eigenvalue weighted by Crippen LogP contribution is -1.93. The van der Waals surface area contributed by atoms with Crippen molar-refractivity contribution in [3.63, 3.8) is 0 Å². The van der Waals surface area contributed by atoms with Crippen molar-refractivity contribution in [3.05, 3.63) is 69.7 Å². The van der Waals surface area contributed by atoms with Crippen LogP contribution in [0.1, 0.15) is 15.9 Å². The van der Waals surface area contributed by atoms with Crippen LogP contribution in [0, 0.1) is 0 Å². The molecule has 4 heteroatoms. The Balaban J connectivity index is 2.15. The Hall–Kier alpha value is -1.77. The molecule has 0 saturated heterocycles. The van der Waals surface area contributed by atoms with Crippen molar-refractivity contribution >= 4 is 35.1 Å². The maximum absolute atomic E-state index is 11.9. The number of allylic oxidation sites excluding steroid dienone is 1. The molecule has 0 aliphatic rings. The second-order valence-electron chi connectivity index (χ2n) is 3.92. The summed E-state index contributed by atoms with van der Waals surface area (Å²) in [5, 5.41) is 10.1. The number of hydrogen-bond acceptors (Lipinski definition) is 2. The minimum Gasteiger partial charge on any atom is -0.506 e. The molecule has 0 aromatic heterocycles. The Morgan fingerprint density at radius 1 is 1.05 bits per heavy atom. The Bertz CT molecular complexity index is 631. The molecule has 0 heterocycles. The SMILES string of the molecule is O=C(C=Cc1ccc(O)c(Cl)c1)c1ccc(Cl)cc1. The first-order valence-corrected chi connectivity index (χ1v) is 6.28. The number of benzene rings is 2. The number of halogens is 2. The third-order valence-electron chi connectivity index (χ3n) is 2.53. The normalized spacial score (nSPS) is 10.8. The fourth-order valence-electron chi connectivity index (χ4n) is 1.51. The highest BCUT2D eigenvalue weighted by atomic mass is 35.5. The maximum Gasteiger partial charge on any atom is 0.185 e. The number of carbonyl (C=O) groups is 1. The molecule has 0 aliphatic heterocycles. The van der Waals surface area contributed by atoms with Crippen molar-refractivity contribution in [1.29, 1.82) is 0 Å². The molecule has 0 fully saturated rings. The van der Waals surface area contributed by atoms with Gasteiger partial charge in [0, 0.05) is 10.6 Å². The van der Waals surface area contributed by atoms with Crippen LogP contribution < -0.4 is 0 Å². The average molecular weight is 293 g/mol. The molecule has 2 nitrogen and oxygen atoms in total. The Morgan fingerprint density at radius 2 is 1.74 bits per heavy atom. The maximum atomic E-state index is 11.9. The summed E-state index contributed by atoms with van der Waals surface area (Å²) in [5.41, 5.74) is 1.30. The Labute approximate surface area is 120 Å². The predicted molar refractivity (Wildman–Crippen MR) is 77.9 cm³/mol. The highest BCUT2D eigenvalue weighted by Gasteiger charge is 2.02. The Morgan fingerprint density at radius 3 is 2.37 bits per heavy atom. The first kappa shape index (κ1) is 13.7. The third kappa shape index (κ3) is 3.60. The minimum atomic E-state index is -0.124. The van der Waals surface area contributed by atoms with Crippen LogP contribution in [0.3, 0.4) is 0 Å². The van der Waals surface area contributed by atoms with Gasteiger partial charge < -0.3 is 5.11 Å². The van der Waals surface area contributed by atoms with Crippen LogP contribution in [0.4, 0.5) is 0 Å². The van der Waals surface area contributed by atoms with Gasteiger partial charge in [0.15, 0.2) is 5.78 Å². The number of phenolic OH excluding ortho intramolecular Hbond substituents is 1. The highest BCUT2D eigenvalue weighted by molar-refractivity contribution is 6.32. The molecule has 2 aromatic carbocycles. The molecule has 0 spiro atoms. The van der Waals surface area contributed by atoms with Crippen LogP contribution >= 0.6 is 23.2 Å². The van der Waals surface area contributed by atoms with E-state index in [4.69, 9.17) is 23.2 Å². The van der Waals surface area contributed by atoms with E-state index in [2.05, 4.69) is 0 Å². The third-order valence-corrected chi connectivity index (χ3v) is 3.08. The molecule has 0 aliphatic carbocycles. The summed E-state index contributed by atoms with van der Waals surface area (Å²) in [7, 11) is 0. The van der Waals surface area contributed by atoms with E-state index < -0.39 is 0 Å². The number of aromatic hydroxyl groups is 1. The molecule has 2 aromatic rings. The number of hydrogen-bond donors (Lipinski definition) is 1. The van der Waals surface area contributed by atoms with Gasteiger partial charge in [-0.05, 0) is 48.0 Å². The van der Waals surface area contributed by atoms with Gasteiger partial charge in [-0.1, -0.05) is 35.3 Å². The summed E-state index contributed by atoms with van der Waals surface area (Å²) in [4.78, 5) is 11.9. The van der Waals surface area contributed by atoms with Gasteiger partial charge in [0.25, 0.3) is 0 Å². The molecule has 0 atom stereocenters. The van der Waals surface area contributed by atoms with Crippen LogP contribution in [0.15, 0.2) is 48.5 Å². The zero-order chi connectivity index (χ0) is 13.8. The van der Waals surface area contributed by atoms with E-state index in [0.29, 0.717) is 10.6 Å². The molecule has 96 valence electrons. The standard InChI is InChI=1S/C15H10Cl2O2/c16-12-5-3-11(4-6-12)14(18)7-1-10-2-8-15(19)13(17)9-10/h1-9,19H. The molecular weight excluding hydrogens is 283 g/mol. The van der Waals surface area contributed by atoms with Crippen molar-refractivity contribution in [2.45, 2.75) is 0 Å². The second kappa shape index (κ2) is 5.91. The van der Waals surface area contributed by atoms with Crippen molar-refractivity contribution in [2.75, 3.05) is 0 Å². The topological polar surface area (TPSA) is 37.3 Å². The monoisotopic (exact) mass is 292 g/mol. The lowest BCUT2D eigenvalue weighted by molar-refractivity contribution is 0.104. The molecule has 0 amide bonds. The molecule has 1 N–H and O–H groups in total. The predicted octanol–water partition coefficient (Wildman–Crippen LogP) is 4.60. The van der Waals surface area contributed by atoms with Gasteiger partial charge in [0.2, 0.25) is 0 Å². The average Bonchev–Trinajstić information content (AvgIpc) is 2.40. The van der Waals surface area contributed by atoms with Crippen LogP contribution in [0.5, 0.6) is 5.75 Å². The van der Waals surface area contributed by atoms with Gasteiger partial charge in [-0.3, -0.25) is 4.79 Å². The molecule has 19 heavy (non-hydrogen) atoms. The largest absolute Gasteiger partial charge is 0.506 e. The fourth-order valence-corrected chi connectivity index (χ4v) is 1.82. The van der Waals surface area contributed by atoms with Gasteiger partial charge >= 0.3 is 0 Å². The van der Waals surface area contributed by atoms with Crippen LogP contribution in [-0.2, 0) is 0 Å². The first-order chi connectivity index (χ1) is 9.06. The van der Waals surface area contributed by atoms with E-state index in [1.54, 1.807) is 42.5 Å². The molecule has 0 radical (unpaired) electrons. The van der Waals surface area contributed by atoms with E-state index >= 15 is 0 Å². The van der Waals surface area contributed by atoms with E-state index in [1.165, 1.54) is 12.1 Å². The van der Waals surface area contributed by atoms with Crippen LogP contribution in [0.2, 0.25) is 10.0 Å².